The number of hydrogen-bond donors (Lipinski definition) is 3. The summed E-state index contributed by atoms with van der Waals surface area (Å²) >= 11 is 5.32. The Morgan fingerprint density at radius 3 is 2.76 bits per heavy atom. The van der Waals surface area contributed by atoms with E-state index in [9.17, 15) is 4.79 Å². The van der Waals surface area contributed by atoms with Crippen molar-refractivity contribution in [3.05, 3.63) is 29.5 Å². The second-order valence-corrected chi connectivity index (χ2v) is 3.57. The number of carbonyl (C=O) groups is 1. The molecule has 0 amide bonds. The molecule has 0 radical (unpaired) electrons. The second-order valence-electron chi connectivity index (χ2n) is 3.39. The molecule has 1 heterocycles. The Kier molecular flexibility index (Phi) is 3.08. The van der Waals surface area contributed by atoms with Gasteiger partial charge in [0, 0.05) is 0 Å². The number of anilines is 1. The Morgan fingerprint density at radius 2 is 2.12 bits per heavy atom. The van der Waals surface area contributed by atoms with Crippen molar-refractivity contribution in [1.29, 1.82) is 0 Å². The number of hydrazine groups is 1. The third-order valence-corrected chi connectivity index (χ3v) is 2.35. The van der Waals surface area contributed by atoms with Crippen LogP contribution in [-0.2, 0) is 0 Å². The van der Waals surface area contributed by atoms with Crippen LogP contribution in [0, 0.1) is 6.92 Å². The fourth-order valence-corrected chi connectivity index (χ4v) is 1.53. The van der Waals surface area contributed by atoms with Crippen LogP contribution in [0.5, 0.6) is 0 Å². The smallest absolute Gasteiger partial charge is 0.335 e. The van der Waals surface area contributed by atoms with E-state index in [1.54, 1.807) is 13.0 Å². The standard InChI is InChI=1S/C10H9ClN4O2/c1-5-9(14-15-11)13-8-4-6(10(16)17)2-3-7(8)12-5/h2-4,15H,1H3,(H,13,14)(H,16,17). The zero-order valence-corrected chi connectivity index (χ0v) is 9.62. The van der Waals surface area contributed by atoms with Crippen LogP contribution < -0.4 is 10.4 Å². The van der Waals surface area contributed by atoms with Crippen LogP contribution in [-0.4, -0.2) is 21.0 Å². The molecule has 0 aliphatic carbocycles. The molecule has 17 heavy (non-hydrogen) atoms. The molecule has 7 heteroatoms. The van der Waals surface area contributed by atoms with E-state index in [1.807, 2.05) is 0 Å². The summed E-state index contributed by atoms with van der Waals surface area (Å²) in [7, 11) is 0. The number of carboxylic acid groups (broad SMARTS) is 1. The van der Waals surface area contributed by atoms with Gasteiger partial charge in [-0.15, -0.1) is 4.94 Å². The lowest BCUT2D eigenvalue weighted by molar-refractivity contribution is 0.0697. The van der Waals surface area contributed by atoms with Crippen LogP contribution in [0.4, 0.5) is 5.82 Å². The van der Waals surface area contributed by atoms with Crippen LogP contribution >= 0.6 is 11.8 Å². The van der Waals surface area contributed by atoms with Gasteiger partial charge < -0.3 is 5.11 Å². The third-order valence-electron chi connectivity index (χ3n) is 2.25. The first-order valence-electron chi connectivity index (χ1n) is 4.75. The van der Waals surface area contributed by atoms with Crippen LogP contribution in [0.2, 0.25) is 0 Å². The van der Waals surface area contributed by atoms with Gasteiger partial charge in [-0.05, 0) is 36.9 Å². The van der Waals surface area contributed by atoms with Gasteiger partial charge in [-0.25, -0.2) is 14.8 Å². The van der Waals surface area contributed by atoms with Gasteiger partial charge in [0.15, 0.2) is 5.82 Å². The maximum atomic E-state index is 10.8. The monoisotopic (exact) mass is 252 g/mol. The van der Waals surface area contributed by atoms with Crippen LogP contribution in [0.1, 0.15) is 16.1 Å². The second kappa shape index (κ2) is 4.52. The van der Waals surface area contributed by atoms with Crippen molar-refractivity contribution in [3.8, 4) is 0 Å². The van der Waals surface area contributed by atoms with Crippen molar-refractivity contribution in [1.82, 2.24) is 14.9 Å². The number of carboxylic acids is 1. The molecule has 0 atom stereocenters. The van der Waals surface area contributed by atoms with Gasteiger partial charge in [-0.2, -0.15) is 0 Å². The normalized spacial score (nSPS) is 10.5. The fourth-order valence-electron chi connectivity index (χ4n) is 1.44. The molecule has 88 valence electrons. The Labute approximate surface area is 102 Å². The van der Waals surface area contributed by atoms with E-state index in [0.717, 1.165) is 0 Å². The third kappa shape index (κ3) is 2.27. The number of hydrogen-bond acceptors (Lipinski definition) is 5. The van der Waals surface area contributed by atoms with Crippen molar-refractivity contribution in [2.24, 2.45) is 0 Å². The van der Waals surface area contributed by atoms with Crippen LogP contribution in [0.3, 0.4) is 0 Å². The predicted molar refractivity (Wildman–Crippen MR) is 63.8 cm³/mol. The molecule has 3 N–H and O–H groups in total. The lowest BCUT2D eigenvalue weighted by atomic mass is 10.2. The number of aromatic nitrogens is 2. The first kappa shape index (κ1) is 11.6. The summed E-state index contributed by atoms with van der Waals surface area (Å²) in [5, 5.41) is 8.87. The number of aromatic carboxylic acids is 1. The number of halogens is 1. The van der Waals surface area contributed by atoms with Crippen LogP contribution in [0.15, 0.2) is 18.2 Å². The molecule has 0 fully saturated rings. The summed E-state index contributed by atoms with van der Waals surface area (Å²) in [6.45, 7) is 1.77. The predicted octanol–water partition coefficient (Wildman–Crippen LogP) is 1.71. The molecule has 0 saturated heterocycles. The average molecular weight is 253 g/mol. The zero-order valence-electron chi connectivity index (χ0n) is 8.86. The molecular formula is C10H9ClN4O2. The maximum Gasteiger partial charge on any atom is 0.335 e. The van der Waals surface area contributed by atoms with Gasteiger partial charge in [0.25, 0.3) is 0 Å². The largest absolute Gasteiger partial charge is 0.478 e. The number of benzene rings is 1. The van der Waals surface area contributed by atoms with E-state index in [0.29, 0.717) is 22.5 Å². The molecule has 0 aliphatic rings. The van der Waals surface area contributed by atoms with Gasteiger partial charge >= 0.3 is 5.97 Å². The number of rotatable bonds is 3. The van der Waals surface area contributed by atoms with Gasteiger partial charge in [0.1, 0.15) is 0 Å². The van der Waals surface area contributed by atoms with E-state index in [4.69, 9.17) is 16.9 Å². The number of nitrogens with one attached hydrogen (secondary N) is 2. The topological polar surface area (TPSA) is 87.1 Å². The van der Waals surface area contributed by atoms with E-state index in [1.165, 1.54) is 12.1 Å². The summed E-state index contributed by atoms with van der Waals surface area (Å²) in [4.78, 5) is 21.6. The fraction of sp³-hybridized carbons (Fsp3) is 0.100. The molecule has 6 nitrogen and oxygen atoms in total. The molecule has 0 unspecified atom stereocenters. The first-order chi connectivity index (χ1) is 8.11. The number of aryl methyl sites for hydroxylation is 1. The molecule has 1 aromatic heterocycles. The number of fused-ring (bicyclic) bond motifs is 1. The minimum atomic E-state index is -1.00. The van der Waals surface area contributed by atoms with Gasteiger partial charge in [-0.3, -0.25) is 5.43 Å². The van der Waals surface area contributed by atoms with E-state index in [-0.39, 0.29) is 5.56 Å². The molecule has 1 aromatic carbocycles. The molecule has 0 saturated carbocycles. The number of nitrogens with zero attached hydrogens (tertiary/aromatic N) is 2. The van der Waals surface area contributed by atoms with Gasteiger partial charge in [0.2, 0.25) is 0 Å². The minimum absolute atomic E-state index is 0.167. The van der Waals surface area contributed by atoms with Crippen molar-refractivity contribution in [2.45, 2.75) is 6.92 Å². The van der Waals surface area contributed by atoms with Crippen molar-refractivity contribution < 1.29 is 9.90 Å². The highest BCUT2D eigenvalue weighted by Gasteiger charge is 2.08. The van der Waals surface area contributed by atoms with Gasteiger partial charge in [0.05, 0.1) is 22.3 Å². The highest BCUT2D eigenvalue weighted by Crippen LogP contribution is 2.17. The Morgan fingerprint density at radius 1 is 1.35 bits per heavy atom. The molecule has 2 aromatic rings. The Balaban J connectivity index is 2.59. The first-order valence-corrected chi connectivity index (χ1v) is 5.13. The maximum absolute atomic E-state index is 10.8. The average Bonchev–Trinajstić information content (AvgIpc) is 2.29. The lowest BCUT2D eigenvalue weighted by Crippen LogP contribution is -2.12. The van der Waals surface area contributed by atoms with E-state index in [2.05, 4.69) is 20.3 Å². The molecule has 0 aliphatic heterocycles. The molecular weight excluding hydrogens is 244 g/mol. The van der Waals surface area contributed by atoms with Crippen molar-refractivity contribution in [2.75, 3.05) is 5.43 Å². The van der Waals surface area contributed by atoms with E-state index < -0.39 is 5.97 Å². The van der Waals surface area contributed by atoms with Crippen molar-refractivity contribution in [3.63, 3.8) is 0 Å². The zero-order chi connectivity index (χ0) is 12.4. The van der Waals surface area contributed by atoms with Crippen LogP contribution in [0.25, 0.3) is 11.0 Å². The summed E-state index contributed by atoms with van der Waals surface area (Å²) in [6.07, 6.45) is 0. The summed E-state index contributed by atoms with van der Waals surface area (Å²) in [5.74, 6) is -0.547. The van der Waals surface area contributed by atoms with Gasteiger partial charge in [-0.1, -0.05) is 0 Å². The SMILES string of the molecule is Cc1nc2ccc(C(=O)O)cc2nc1NNCl. The molecule has 2 rings (SSSR count). The minimum Gasteiger partial charge on any atom is -0.478 e. The van der Waals surface area contributed by atoms with Crippen molar-refractivity contribution >= 4 is 34.6 Å². The van der Waals surface area contributed by atoms with E-state index >= 15 is 0 Å². The Hall–Kier alpha value is -1.92. The summed E-state index contributed by atoms with van der Waals surface area (Å²) < 4.78 is 0. The summed E-state index contributed by atoms with van der Waals surface area (Å²) in [6, 6.07) is 4.58. The Bertz CT molecular complexity index is 588. The summed E-state index contributed by atoms with van der Waals surface area (Å²) in [5.41, 5.74) is 4.56. The highest BCUT2D eigenvalue weighted by molar-refractivity contribution is 6.13. The molecule has 0 spiro atoms. The quantitative estimate of drug-likeness (QED) is 0.569. The lowest BCUT2D eigenvalue weighted by Gasteiger charge is -2.07. The molecule has 0 bridgehead atoms. The highest BCUT2D eigenvalue weighted by atomic mass is 35.5.